The fourth-order valence-electron chi connectivity index (χ4n) is 0.866. The Hall–Kier alpha value is -0.880. The van der Waals surface area contributed by atoms with Gasteiger partial charge in [-0.2, -0.15) is 5.10 Å². The molecule has 0 aliphatic rings. The molecular weight excluding hydrogens is 202 g/mol. The molecule has 0 bridgehead atoms. The maximum Gasteiger partial charge on any atom is 0.243 e. The first-order valence-corrected chi connectivity index (χ1v) is 6.03. The van der Waals surface area contributed by atoms with Gasteiger partial charge in [0.25, 0.3) is 0 Å². The van der Waals surface area contributed by atoms with Gasteiger partial charge in [0.1, 0.15) is 4.90 Å². The van der Waals surface area contributed by atoms with Gasteiger partial charge in [-0.05, 0) is 5.92 Å². The number of nitrogens with zero attached hydrogens (tertiary/aromatic N) is 1. The van der Waals surface area contributed by atoms with Gasteiger partial charge in [0.2, 0.25) is 10.0 Å². The first kappa shape index (κ1) is 11.2. The third-order valence-electron chi connectivity index (χ3n) is 2.10. The summed E-state index contributed by atoms with van der Waals surface area (Å²) >= 11 is 0. The molecule has 1 heterocycles. The molecule has 1 aromatic heterocycles. The monoisotopic (exact) mass is 217 g/mol. The van der Waals surface area contributed by atoms with E-state index in [0.29, 0.717) is 12.5 Å². The standard InChI is InChI=1S/C8H15N3O2S/c1-3-7(2)4-11-14(12,13)8-5-9-10-6-8/h5-7,11H,3-4H2,1-2H3,(H,9,10). The van der Waals surface area contributed by atoms with Gasteiger partial charge < -0.3 is 0 Å². The highest BCUT2D eigenvalue weighted by Crippen LogP contribution is 2.06. The van der Waals surface area contributed by atoms with Crippen LogP contribution in [-0.2, 0) is 10.0 Å². The Morgan fingerprint density at radius 3 is 2.86 bits per heavy atom. The van der Waals surface area contributed by atoms with Crippen LogP contribution in [0.2, 0.25) is 0 Å². The van der Waals surface area contributed by atoms with Crippen molar-refractivity contribution < 1.29 is 8.42 Å². The minimum absolute atomic E-state index is 0.181. The second kappa shape index (κ2) is 4.56. The Balaban J connectivity index is 2.60. The minimum Gasteiger partial charge on any atom is -0.284 e. The van der Waals surface area contributed by atoms with Crippen LogP contribution in [0.1, 0.15) is 20.3 Å². The van der Waals surface area contributed by atoms with E-state index in [-0.39, 0.29) is 4.90 Å². The van der Waals surface area contributed by atoms with E-state index in [1.807, 2.05) is 13.8 Å². The molecule has 1 rings (SSSR count). The van der Waals surface area contributed by atoms with Crippen molar-refractivity contribution in [2.75, 3.05) is 6.54 Å². The molecule has 0 amide bonds. The molecule has 1 aromatic rings. The van der Waals surface area contributed by atoms with Gasteiger partial charge in [-0.3, -0.25) is 5.10 Å². The summed E-state index contributed by atoms with van der Waals surface area (Å²) < 4.78 is 25.6. The Bertz CT molecular complexity index is 358. The molecule has 5 nitrogen and oxygen atoms in total. The van der Waals surface area contributed by atoms with Crippen molar-refractivity contribution in [3.63, 3.8) is 0 Å². The molecule has 0 radical (unpaired) electrons. The lowest BCUT2D eigenvalue weighted by molar-refractivity contribution is 0.528. The van der Waals surface area contributed by atoms with Crippen LogP contribution in [0.25, 0.3) is 0 Å². The maximum absolute atomic E-state index is 11.5. The lowest BCUT2D eigenvalue weighted by atomic mass is 10.1. The fraction of sp³-hybridized carbons (Fsp3) is 0.625. The van der Waals surface area contributed by atoms with E-state index >= 15 is 0 Å². The highest BCUT2D eigenvalue weighted by molar-refractivity contribution is 7.89. The number of hydrogen-bond donors (Lipinski definition) is 2. The van der Waals surface area contributed by atoms with Crippen molar-refractivity contribution in [2.45, 2.75) is 25.2 Å². The van der Waals surface area contributed by atoms with Crippen LogP contribution in [0.3, 0.4) is 0 Å². The molecule has 0 saturated heterocycles. The average molecular weight is 217 g/mol. The topological polar surface area (TPSA) is 74.8 Å². The average Bonchev–Trinajstić information content (AvgIpc) is 2.67. The molecular formula is C8H15N3O2S. The Morgan fingerprint density at radius 1 is 1.64 bits per heavy atom. The van der Waals surface area contributed by atoms with Crippen LogP contribution in [0.5, 0.6) is 0 Å². The number of nitrogens with one attached hydrogen (secondary N) is 2. The molecule has 0 aliphatic carbocycles. The van der Waals surface area contributed by atoms with Gasteiger partial charge in [0.15, 0.2) is 0 Å². The predicted octanol–water partition coefficient (Wildman–Crippen LogP) is 0.734. The molecule has 0 fully saturated rings. The first-order valence-electron chi connectivity index (χ1n) is 4.54. The number of hydrogen-bond acceptors (Lipinski definition) is 3. The van der Waals surface area contributed by atoms with Crippen LogP contribution in [0.4, 0.5) is 0 Å². The van der Waals surface area contributed by atoms with Crippen LogP contribution in [0.15, 0.2) is 17.3 Å². The van der Waals surface area contributed by atoms with E-state index in [0.717, 1.165) is 6.42 Å². The van der Waals surface area contributed by atoms with Crippen molar-refractivity contribution in [1.82, 2.24) is 14.9 Å². The normalized spacial score (nSPS) is 14.1. The van der Waals surface area contributed by atoms with E-state index in [4.69, 9.17) is 0 Å². The summed E-state index contributed by atoms with van der Waals surface area (Å²) in [6.45, 7) is 4.48. The number of rotatable bonds is 5. The molecule has 14 heavy (non-hydrogen) atoms. The molecule has 0 aromatic carbocycles. The van der Waals surface area contributed by atoms with Crippen molar-refractivity contribution >= 4 is 10.0 Å². The largest absolute Gasteiger partial charge is 0.284 e. The Labute approximate surface area is 84.0 Å². The molecule has 0 spiro atoms. The van der Waals surface area contributed by atoms with E-state index in [1.54, 1.807) is 0 Å². The van der Waals surface area contributed by atoms with Crippen LogP contribution < -0.4 is 4.72 Å². The number of sulfonamides is 1. The summed E-state index contributed by atoms with van der Waals surface area (Å²) in [5, 5.41) is 6.06. The van der Waals surface area contributed by atoms with Crippen molar-refractivity contribution in [1.29, 1.82) is 0 Å². The fourth-order valence-corrected chi connectivity index (χ4v) is 1.94. The molecule has 2 N–H and O–H groups in total. The summed E-state index contributed by atoms with van der Waals surface area (Å²) in [4.78, 5) is 0.181. The second-order valence-corrected chi connectivity index (χ2v) is 5.07. The molecule has 0 aliphatic heterocycles. The minimum atomic E-state index is -3.37. The highest BCUT2D eigenvalue weighted by Gasteiger charge is 2.15. The summed E-state index contributed by atoms with van der Waals surface area (Å²) in [6, 6.07) is 0. The number of H-pyrrole nitrogens is 1. The van der Waals surface area contributed by atoms with E-state index < -0.39 is 10.0 Å². The maximum atomic E-state index is 11.5. The molecule has 1 unspecified atom stereocenters. The van der Waals surface area contributed by atoms with E-state index in [1.165, 1.54) is 12.4 Å². The predicted molar refractivity (Wildman–Crippen MR) is 53.2 cm³/mol. The molecule has 6 heteroatoms. The smallest absolute Gasteiger partial charge is 0.243 e. The molecule has 80 valence electrons. The lowest BCUT2D eigenvalue weighted by Crippen LogP contribution is -2.27. The lowest BCUT2D eigenvalue weighted by Gasteiger charge is -2.09. The summed E-state index contributed by atoms with van der Waals surface area (Å²) in [7, 11) is -3.37. The SMILES string of the molecule is CCC(C)CNS(=O)(=O)c1cn[nH]c1. The number of aromatic nitrogens is 2. The number of aromatic amines is 1. The van der Waals surface area contributed by atoms with Crippen LogP contribution in [0, 0.1) is 5.92 Å². The first-order chi connectivity index (χ1) is 6.56. The molecule has 0 saturated carbocycles. The Kier molecular flexibility index (Phi) is 3.65. The van der Waals surface area contributed by atoms with Crippen molar-refractivity contribution in [2.24, 2.45) is 5.92 Å². The van der Waals surface area contributed by atoms with Crippen LogP contribution in [-0.4, -0.2) is 25.2 Å². The summed E-state index contributed by atoms with van der Waals surface area (Å²) in [5.41, 5.74) is 0. The third-order valence-corrected chi connectivity index (χ3v) is 3.49. The zero-order valence-corrected chi connectivity index (χ0v) is 9.13. The van der Waals surface area contributed by atoms with Crippen LogP contribution >= 0.6 is 0 Å². The zero-order chi connectivity index (χ0) is 10.6. The highest BCUT2D eigenvalue weighted by atomic mass is 32.2. The third kappa shape index (κ3) is 2.81. The van der Waals surface area contributed by atoms with Gasteiger partial charge in [-0.25, -0.2) is 13.1 Å². The van der Waals surface area contributed by atoms with Crippen molar-refractivity contribution in [3.8, 4) is 0 Å². The van der Waals surface area contributed by atoms with E-state index in [2.05, 4.69) is 14.9 Å². The quantitative estimate of drug-likeness (QED) is 0.763. The van der Waals surface area contributed by atoms with Gasteiger partial charge in [0, 0.05) is 12.7 Å². The van der Waals surface area contributed by atoms with Gasteiger partial charge in [-0.15, -0.1) is 0 Å². The Morgan fingerprint density at radius 2 is 2.36 bits per heavy atom. The van der Waals surface area contributed by atoms with Gasteiger partial charge >= 0.3 is 0 Å². The second-order valence-electron chi connectivity index (χ2n) is 3.30. The zero-order valence-electron chi connectivity index (χ0n) is 8.32. The summed E-state index contributed by atoms with van der Waals surface area (Å²) in [5.74, 6) is 0.344. The van der Waals surface area contributed by atoms with Gasteiger partial charge in [0.05, 0.1) is 6.20 Å². The van der Waals surface area contributed by atoms with Gasteiger partial charge in [-0.1, -0.05) is 20.3 Å². The summed E-state index contributed by atoms with van der Waals surface area (Å²) in [6.07, 6.45) is 3.60. The van der Waals surface area contributed by atoms with Crippen molar-refractivity contribution in [3.05, 3.63) is 12.4 Å². The van der Waals surface area contributed by atoms with E-state index in [9.17, 15) is 8.42 Å². The molecule has 1 atom stereocenters.